The summed E-state index contributed by atoms with van der Waals surface area (Å²) in [4.78, 5) is 0. The molecule has 19 heavy (non-hydrogen) atoms. The molecule has 2 atom stereocenters. The molecule has 1 aliphatic rings. The largest absolute Gasteiger partial charge is 0.373 e. The highest BCUT2D eigenvalue weighted by molar-refractivity contribution is 5.13. The Morgan fingerprint density at radius 1 is 1.47 bits per heavy atom. The van der Waals surface area contributed by atoms with Crippen LogP contribution in [-0.4, -0.2) is 28.5 Å². The Kier molecular flexibility index (Phi) is 4.99. The minimum Gasteiger partial charge on any atom is -0.373 e. The van der Waals surface area contributed by atoms with Crippen molar-refractivity contribution in [2.75, 3.05) is 13.2 Å². The summed E-state index contributed by atoms with van der Waals surface area (Å²) in [7, 11) is 0. The smallest absolute Gasteiger partial charge is 0.0863 e. The van der Waals surface area contributed by atoms with Crippen LogP contribution in [0, 0.1) is 0 Å². The molecule has 0 aliphatic carbocycles. The van der Waals surface area contributed by atoms with Crippen LogP contribution in [0.15, 0.2) is 12.3 Å². The second-order valence-electron chi connectivity index (χ2n) is 5.59. The van der Waals surface area contributed by atoms with Gasteiger partial charge >= 0.3 is 0 Å². The number of hydrogen-bond acceptors (Lipinski definition) is 3. The highest BCUT2D eigenvalue weighted by Gasteiger charge is 2.38. The predicted octanol–water partition coefficient (Wildman–Crippen LogP) is 2.90. The van der Waals surface area contributed by atoms with Crippen molar-refractivity contribution in [1.82, 2.24) is 15.1 Å². The molecule has 4 heteroatoms. The molecule has 0 radical (unpaired) electrons. The Balaban J connectivity index is 2.25. The number of rotatable bonds is 6. The number of aryl methyl sites for hydroxylation is 1. The number of hydrogen-bond donors (Lipinski definition) is 1. The van der Waals surface area contributed by atoms with Crippen molar-refractivity contribution < 1.29 is 4.74 Å². The maximum atomic E-state index is 6.13. The maximum absolute atomic E-state index is 6.13. The van der Waals surface area contributed by atoms with E-state index in [0.29, 0.717) is 0 Å². The van der Waals surface area contributed by atoms with Crippen LogP contribution < -0.4 is 5.32 Å². The summed E-state index contributed by atoms with van der Waals surface area (Å²) in [5.74, 6) is 0. The first kappa shape index (κ1) is 14.5. The highest BCUT2D eigenvalue weighted by Crippen LogP contribution is 2.36. The number of likely N-dealkylation sites (N-methyl/N-ethyl adjacent to an activating group) is 1. The van der Waals surface area contributed by atoms with E-state index in [1.54, 1.807) is 0 Å². The van der Waals surface area contributed by atoms with Gasteiger partial charge in [-0.2, -0.15) is 5.10 Å². The Morgan fingerprint density at radius 2 is 2.32 bits per heavy atom. The molecule has 1 fully saturated rings. The van der Waals surface area contributed by atoms with Gasteiger partial charge in [0.1, 0.15) is 0 Å². The summed E-state index contributed by atoms with van der Waals surface area (Å²) in [5, 5.41) is 8.06. The van der Waals surface area contributed by atoms with E-state index in [9.17, 15) is 0 Å². The molecule has 2 unspecified atom stereocenters. The molecule has 1 aromatic rings. The Labute approximate surface area is 116 Å². The van der Waals surface area contributed by atoms with Crippen LogP contribution in [-0.2, 0) is 11.3 Å². The van der Waals surface area contributed by atoms with E-state index in [0.717, 1.165) is 32.5 Å². The van der Waals surface area contributed by atoms with Crippen molar-refractivity contribution in [3.8, 4) is 0 Å². The Hall–Kier alpha value is -0.870. The highest BCUT2D eigenvalue weighted by atomic mass is 16.5. The van der Waals surface area contributed by atoms with E-state index in [1.165, 1.54) is 18.5 Å². The number of nitrogens with one attached hydrogen (secondary N) is 1. The third-order valence-electron chi connectivity index (χ3n) is 4.00. The summed E-state index contributed by atoms with van der Waals surface area (Å²) >= 11 is 0. The molecule has 2 rings (SSSR count). The average molecular weight is 265 g/mol. The molecule has 0 bridgehead atoms. The van der Waals surface area contributed by atoms with Gasteiger partial charge in [0, 0.05) is 19.3 Å². The quantitative estimate of drug-likeness (QED) is 0.859. The zero-order chi connectivity index (χ0) is 13.7. The molecule has 1 N–H and O–H groups in total. The Bertz CT molecular complexity index is 382. The number of nitrogens with zero attached hydrogens (tertiary/aromatic N) is 2. The van der Waals surface area contributed by atoms with Gasteiger partial charge in [0.05, 0.1) is 17.3 Å². The van der Waals surface area contributed by atoms with Crippen molar-refractivity contribution in [3.63, 3.8) is 0 Å². The second kappa shape index (κ2) is 6.53. The van der Waals surface area contributed by atoms with Gasteiger partial charge in [-0.25, -0.2) is 0 Å². The zero-order valence-electron chi connectivity index (χ0n) is 12.5. The van der Waals surface area contributed by atoms with Crippen LogP contribution in [0.3, 0.4) is 0 Å². The van der Waals surface area contributed by atoms with E-state index in [1.807, 2.05) is 6.20 Å². The van der Waals surface area contributed by atoms with E-state index in [4.69, 9.17) is 4.74 Å². The summed E-state index contributed by atoms with van der Waals surface area (Å²) in [6, 6.07) is 2.36. The van der Waals surface area contributed by atoms with Crippen LogP contribution in [0.1, 0.15) is 58.2 Å². The predicted molar refractivity (Wildman–Crippen MR) is 77.1 cm³/mol. The van der Waals surface area contributed by atoms with Gasteiger partial charge in [0.15, 0.2) is 0 Å². The molecule has 0 aromatic carbocycles. The first-order chi connectivity index (χ1) is 9.21. The van der Waals surface area contributed by atoms with E-state index in [-0.39, 0.29) is 11.6 Å². The van der Waals surface area contributed by atoms with Crippen LogP contribution in [0.25, 0.3) is 0 Å². The third-order valence-corrected chi connectivity index (χ3v) is 4.00. The monoisotopic (exact) mass is 265 g/mol. The lowest BCUT2D eigenvalue weighted by Crippen LogP contribution is -2.46. The second-order valence-corrected chi connectivity index (χ2v) is 5.59. The molecule has 1 aliphatic heterocycles. The minimum atomic E-state index is -0.111. The standard InChI is InChI=1S/C15H27N3O/c1-4-11-18-13(8-10-17-18)14(16-5-2)15(3)9-6-7-12-19-15/h8,10,14,16H,4-7,9,11-12H2,1-3H3. The van der Waals surface area contributed by atoms with Crippen molar-refractivity contribution in [2.24, 2.45) is 0 Å². The molecule has 1 aromatic heterocycles. The van der Waals surface area contributed by atoms with Crippen LogP contribution in [0.4, 0.5) is 0 Å². The van der Waals surface area contributed by atoms with Gasteiger partial charge in [0.25, 0.3) is 0 Å². The van der Waals surface area contributed by atoms with Crippen molar-refractivity contribution in [3.05, 3.63) is 18.0 Å². The van der Waals surface area contributed by atoms with Gasteiger partial charge in [-0.1, -0.05) is 13.8 Å². The maximum Gasteiger partial charge on any atom is 0.0863 e. The third kappa shape index (κ3) is 3.18. The fourth-order valence-corrected chi connectivity index (χ4v) is 3.01. The van der Waals surface area contributed by atoms with E-state index in [2.05, 4.69) is 41.9 Å². The fourth-order valence-electron chi connectivity index (χ4n) is 3.01. The van der Waals surface area contributed by atoms with Gasteiger partial charge < -0.3 is 10.1 Å². The van der Waals surface area contributed by atoms with Gasteiger partial charge in [0.2, 0.25) is 0 Å². The van der Waals surface area contributed by atoms with Crippen molar-refractivity contribution in [2.45, 2.75) is 64.6 Å². The average Bonchev–Trinajstić information content (AvgIpc) is 2.85. The summed E-state index contributed by atoms with van der Waals surface area (Å²) in [6.45, 7) is 9.37. The number of ether oxygens (including phenoxy) is 1. The van der Waals surface area contributed by atoms with Crippen LogP contribution >= 0.6 is 0 Å². The molecule has 1 saturated heterocycles. The normalized spacial score (nSPS) is 25.4. The van der Waals surface area contributed by atoms with Gasteiger partial charge in [-0.15, -0.1) is 0 Å². The molecular formula is C15H27N3O. The lowest BCUT2D eigenvalue weighted by atomic mass is 9.86. The molecule has 0 amide bonds. The lowest BCUT2D eigenvalue weighted by Gasteiger charge is -2.41. The SMILES string of the molecule is CCCn1nccc1C(NCC)C1(C)CCCCO1. The van der Waals surface area contributed by atoms with Crippen LogP contribution in [0.2, 0.25) is 0 Å². The summed E-state index contributed by atoms with van der Waals surface area (Å²) in [5.41, 5.74) is 1.15. The topological polar surface area (TPSA) is 39.1 Å². The van der Waals surface area contributed by atoms with E-state index >= 15 is 0 Å². The van der Waals surface area contributed by atoms with Crippen molar-refractivity contribution in [1.29, 1.82) is 0 Å². The molecule has 2 heterocycles. The number of aromatic nitrogens is 2. The van der Waals surface area contributed by atoms with Crippen molar-refractivity contribution >= 4 is 0 Å². The lowest BCUT2D eigenvalue weighted by molar-refractivity contribution is -0.0911. The summed E-state index contributed by atoms with van der Waals surface area (Å²) in [6.07, 6.45) is 6.55. The first-order valence-corrected chi connectivity index (χ1v) is 7.60. The van der Waals surface area contributed by atoms with E-state index < -0.39 is 0 Å². The van der Waals surface area contributed by atoms with Gasteiger partial charge in [-0.05, 0) is 45.2 Å². The molecule has 4 nitrogen and oxygen atoms in total. The molecular weight excluding hydrogens is 238 g/mol. The first-order valence-electron chi connectivity index (χ1n) is 7.60. The minimum absolute atomic E-state index is 0.111. The fraction of sp³-hybridized carbons (Fsp3) is 0.800. The van der Waals surface area contributed by atoms with Gasteiger partial charge in [-0.3, -0.25) is 4.68 Å². The molecule has 0 saturated carbocycles. The molecule has 0 spiro atoms. The summed E-state index contributed by atoms with van der Waals surface area (Å²) < 4.78 is 8.26. The zero-order valence-corrected chi connectivity index (χ0v) is 12.5. The Morgan fingerprint density at radius 3 is 2.95 bits per heavy atom. The van der Waals surface area contributed by atoms with Crippen LogP contribution in [0.5, 0.6) is 0 Å². The molecule has 108 valence electrons.